The SMILES string of the molecule is C/C(=C\NC(=O)N(CCO)CCO)C(C)(C)C. The molecule has 2 amide bonds. The van der Waals surface area contributed by atoms with Crippen LogP contribution in [0.2, 0.25) is 0 Å². The van der Waals surface area contributed by atoms with Gasteiger partial charge in [-0.15, -0.1) is 0 Å². The average molecular weight is 244 g/mol. The first kappa shape index (κ1) is 15.9. The molecule has 0 bridgehead atoms. The summed E-state index contributed by atoms with van der Waals surface area (Å²) in [7, 11) is 0. The van der Waals surface area contributed by atoms with Crippen LogP contribution < -0.4 is 5.32 Å². The highest BCUT2D eigenvalue weighted by Crippen LogP contribution is 2.23. The van der Waals surface area contributed by atoms with E-state index in [4.69, 9.17) is 10.2 Å². The zero-order valence-electron chi connectivity index (χ0n) is 11.2. The molecule has 0 aliphatic carbocycles. The summed E-state index contributed by atoms with van der Waals surface area (Å²) in [4.78, 5) is 13.1. The zero-order chi connectivity index (χ0) is 13.5. The second-order valence-electron chi connectivity index (χ2n) is 4.96. The molecule has 0 aliphatic heterocycles. The lowest BCUT2D eigenvalue weighted by atomic mass is 9.88. The third-order valence-corrected chi connectivity index (χ3v) is 2.62. The molecule has 5 heteroatoms. The van der Waals surface area contributed by atoms with Crippen LogP contribution >= 0.6 is 0 Å². The second kappa shape index (κ2) is 7.29. The molecule has 0 aliphatic rings. The molecule has 0 aromatic heterocycles. The fraction of sp³-hybridized carbons (Fsp3) is 0.750. The Morgan fingerprint density at radius 3 is 2.06 bits per heavy atom. The molecule has 0 saturated carbocycles. The summed E-state index contributed by atoms with van der Waals surface area (Å²) in [6.45, 7) is 8.33. The maximum Gasteiger partial charge on any atom is 0.321 e. The van der Waals surface area contributed by atoms with Gasteiger partial charge in [0.05, 0.1) is 13.2 Å². The van der Waals surface area contributed by atoms with Gasteiger partial charge in [0, 0.05) is 19.3 Å². The number of amides is 2. The number of aliphatic hydroxyl groups excluding tert-OH is 2. The van der Waals surface area contributed by atoms with Gasteiger partial charge in [-0.1, -0.05) is 26.3 Å². The molecule has 0 fully saturated rings. The molecule has 100 valence electrons. The first-order chi connectivity index (χ1) is 7.82. The summed E-state index contributed by atoms with van der Waals surface area (Å²) in [5, 5.41) is 20.3. The van der Waals surface area contributed by atoms with Gasteiger partial charge in [0.1, 0.15) is 0 Å². The number of nitrogens with one attached hydrogen (secondary N) is 1. The number of carbonyl (C=O) groups is 1. The van der Waals surface area contributed by atoms with Crippen LogP contribution in [-0.4, -0.2) is 47.4 Å². The monoisotopic (exact) mass is 244 g/mol. The van der Waals surface area contributed by atoms with Crippen molar-refractivity contribution < 1.29 is 15.0 Å². The molecule has 0 rings (SSSR count). The normalized spacial score (nSPS) is 12.5. The van der Waals surface area contributed by atoms with E-state index in [1.54, 1.807) is 6.20 Å². The Morgan fingerprint density at radius 2 is 1.71 bits per heavy atom. The van der Waals surface area contributed by atoms with Crippen molar-refractivity contribution in [2.75, 3.05) is 26.3 Å². The fourth-order valence-electron chi connectivity index (χ4n) is 1.03. The Balaban J connectivity index is 4.41. The molecule has 0 unspecified atom stereocenters. The Kier molecular flexibility index (Phi) is 6.83. The Hall–Kier alpha value is -1.07. The number of carbonyl (C=O) groups excluding carboxylic acids is 1. The Morgan fingerprint density at radius 1 is 1.24 bits per heavy atom. The quantitative estimate of drug-likeness (QED) is 0.673. The molecule has 0 heterocycles. The van der Waals surface area contributed by atoms with Gasteiger partial charge in [0.2, 0.25) is 0 Å². The van der Waals surface area contributed by atoms with Crippen molar-refractivity contribution in [1.29, 1.82) is 0 Å². The maximum atomic E-state index is 11.7. The van der Waals surface area contributed by atoms with Crippen LogP contribution in [0.25, 0.3) is 0 Å². The number of nitrogens with zero attached hydrogens (tertiary/aromatic N) is 1. The number of aliphatic hydroxyl groups is 2. The first-order valence-electron chi connectivity index (χ1n) is 5.77. The molecule has 0 spiro atoms. The number of urea groups is 1. The minimum atomic E-state index is -0.309. The van der Waals surface area contributed by atoms with E-state index in [0.29, 0.717) is 0 Å². The highest BCUT2D eigenvalue weighted by molar-refractivity contribution is 5.75. The van der Waals surface area contributed by atoms with Gasteiger partial charge < -0.3 is 20.4 Å². The minimum Gasteiger partial charge on any atom is -0.395 e. The van der Waals surface area contributed by atoms with E-state index in [0.717, 1.165) is 5.57 Å². The molecule has 5 nitrogen and oxygen atoms in total. The van der Waals surface area contributed by atoms with E-state index in [2.05, 4.69) is 26.1 Å². The second-order valence-corrected chi connectivity index (χ2v) is 4.96. The van der Waals surface area contributed by atoms with Gasteiger partial charge in [-0.3, -0.25) is 0 Å². The standard InChI is InChI=1S/C12H24N2O3/c1-10(12(2,3)4)9-13-11(17)14(5-7-15)6-8-16/h9,15-16H,5-8H2,1-4H3,(H,13,17)/b10-9+. The van der Waals surface area contributed by atoms with Crippen LogP contribution in [-0.2, 0) is 0 Å². The van der Waals surface area contributed by atoms with Gasteiger partial charge >= 0.3 is 6.03 Å². The van der Waals surface area contributed by atoms with Crippen molar-refractivity contribution in [3.05, 3.63) is 11.8 Å². The zero-order valence-corrected chi connectivity index (χ0v) is 11.2. The number of hydrogen-bond acceptors (Lipinski definition) is 3. The Labute approximate surface area is 103 Å². The van der Waals surface area contributed by atoms with Gasteiger partial charge in [-0.2, -0.15) is 0 Å². The minimum absolute atomic E-state index is 0.00602. The predicted octanol–water partition coefficient (Wildman–Crippen LogP) is 0.932. The van der Waals surface area contributed by atoms with Gasteiger partial charge in [0.15, 0.2) is 0 Å². The van der Waals surface area contributed by atoms with Gasteiger partial charge in [-0.25, -0.2) is 4.79 Å². The van der Waals surface area contributed by atoms with E-state index in [1.165, 1.54) is 4.90 Å². The molecule has 0 radical (unpaired) electrons. The van der Waals surface area contributed by atoms with E-state index in [9.17, 15) is 4.79 Å². The fourth-order valence-corrected chi connectivity index (χ4v) is 1.03. The Bertz CT molecular complexity index is 263. The molecular formula is C12H24N2O3. The molecule has 0 aromatic carbocycles. The van der Waals surface area contributed by atoms with E-state index in [-0.39, 0.29) is 37.7 Å². The predicted molar refractivity (Wildman–Crippen MR) is 67.5 cm³/mol. The number of allylic oxidation sites excluding steroid dienone is 1. The van der Waals surface area contributed by atoms with Crippen molar-refractivity contribution in [3.63, 3.8) is 0 Å². The average Bonchev–Trinajstić information content (AvgIpc) is 2.23. The molecular weight excluding hydrogens is 220 g/mol. The van der Waals surface area contributed by atoms with Crippen LogP contribution in [0.4, 0.5) is 4.79 Å². The summed E-state index contributed by atoms with van der Waals surface area (Å²) in [6.07, 6.45) is 1.67. The van der Waals surface area contributed by atoms with Crippen LogP contribution in [0.1, 0.15) is 27.7 Å². The molecule has 3 N–H and O–H groups in total. The molecule has 17 heavy (non-hydrogen) atoms. The number of hydrogen-bond donors (Lipinski definition) is 3. The van der Waals surface area contributed by atoms with E-state index in [1.807, 2.05) is 6.92 Å². The molecule has 0 atom stereocenters. The number of rotatable bonds is 5. The van der Waals surface area contributed by atoms with Crippen molar-refractivity contribution in [2.45, 2.75) is 27.7 Å². The first-order valence-corrected chi connectivity index (χ1v) is 5.77. The van der Waals surface area contributed by atoms with Crippen LogP contribution in [0.5, 0.6) is 0 Å². The topological polar surface area (TPSA) is 72.8 Å². The van der Waals surface area contributed by atoms with Crippen molar-refractivity contribution in [1.82, 2.24) is 10.2 Å². The van der Waals surface area contributed by atoms with Gasteiger partial charge in [0.25, 0.3) is 0 Å². The molecule has 0 aromatic rings. The van der Waals surface area contributed by atoms with Crippen molar-refractivity contribution >= 4 is 6.03 Å². The van der Waals surface area contributed by atoms with Crippen LogP contribution in [0, 0.1) is 5.41 Å². The third-order valence-electron chi connectivity index (χ3n) is 2.62. The van der Waals surface area contributed by atoms with E-state index < -0.39 is 0 Å². The smallest absolute Gasteiger partial charge is 0.321 e. The summed E-state index contributed by atoms with van der Waals surface area (Å²) >= 11 is 0. The summed E-state index contributed by atoms with van der Waals surface area (Å²) < 4.78 is 0. The lowest BCUT2D eigenvalue weighted by Crippen LogP contribution is -2.41. The maximum absolute atomic E-state index is 11.7. The third kappa shape index (κ3) is 6.28. The summed E-state index contributed by atoms with van der Waals surface area (Å²) in [5.74, 6) is 0. The lowest BCUT2D eigenvalue weighted by Gasteiger charge is -2.22. The largest absolute Gasteiger partial charge is 0.395 e. The molecule has 0 saturated heterocycles. The van der Waals surface area contributed by atoms with Crippen molar-refractivity contribution in [3.8, 4) is 0 Å². The van der Waals surface area contributed by atoms with Crippen LogP contribution in [0.3, 0.4) is 0 Å². The van der Waals surface area contributed by atoms with Crippen molar-refractivity contribution in [2.24, 2.45) is 5.41 Å². The van der Waals surface area contributed by atoms with Gasteiger partial charge in [-0.05, 0) is 12.3 Å². The van der Waals surface area contributed by atoms with E-state index >= 15 is 0 Å². The lowest BCUT2D eigenvalue weighted by molar-refractivity contribution is 0.160. The van der Waals surface area contributed by atoms with Crippen LogP contribution in [0.15, 0.2) is 11.8 Å². The highest BCUT2D eigenvalue weighted by Gasteiger charge is 2.14. The summed E-state index contributed by atoms with van der Waals surface area (Å²) in [5.41, 5.74) is 1.06. The highest BCUT2D eigenvalue weighted by atomic mass is 16.3. The summed E-state index contributed by atoms with van der Waals surface area (Å²) in [6, 6.07) is -0.309.